The molecule has 2 aromatic heterocycles. The van der Waals surface area contributed by atoms with Gasteiger partial charge in [-0.25, -0.2) is 8.78 Å². The second-order valence-electron chi connectivity index (χ2n) is 6.13. The van der Waals surface area contributed by atoms with E-state index in [2.05, 4.69) is 10.2 Å². The first-order valence-electron chi connectivity index (χ1n) is 8.14. The van der Waals surface area contributed by atoms with E-state index >= 15 is 0 Å². The molecule has 0 fully saturated rings. The molecule has 0 atom stereocenters. The molecular weight excluding hydrogens is 395 g/mol. The van der Waals surface area contributed by atoms with Gasteiger partial charge in [0.1, 0.15) is 18.2 Å². The van der Waals surface area contributed by atoms with Crippen molar-refractivity contribution < 1.29 is 26.4 Å². The van der Waals surface area contributed by atoms with Crippen LogP contribution in [0.1, 0.15) is 17.0 Å². The molecule has 0 aliphatic rings. The molecule has 29 heavy (non-hydrogen) atoms. The lowest BCUT2D eigenvalue weighted by molar-refractivity contribution is -0.136. The van der Waals surface area contributed by atoms with Crippen molar-refractivity contribution in [1.82, 2.24) is 14.8 Å². The lowest BCUT2D eigenvalue weighted by Crippen LogP contribution is -2.09. The van der Waals surface area contributed by atoms with Crippen molar-refractivity contribution in [3.8, 4) is 17.5 Å². The van der Waals surface area contributed by atoms with Crippen LogP contribution in [-0.2, 0) is 12.7 Å². The van der Waals surface area contributed by atoms with Crippen molar-refractivity contribution in [1.29, 1.82) is 5.26 Å². The zero-order valence-corrected chi connectivity index (χ0v) is 14.3. The first-order valence-corrected chi connectivity index (χ1v) is 8.14. The fourth-order valence-corrected chi connectivity index (χ4v) is 3.07. The maximum absolute atomic E-state index is 13.4. The van der Waals surface area contributed by atoms with Crippen molar-refractivity contribution >= 4 is 10.9 Å². The number of nitrogens with zero attached hydrogens (tertiary/aromatic N) is 4. The Bertz CT molecular complexity index is 1250. The monoisotopic (exact) mass is 404 g/mol. The summed E-state index contributed by atoms with van der Waals surface area (Å²) in [4.78, 5) is 0. The highest BCUT2D eigenvalue weighted by Crippen LogP contribution is 2.37. The van der Waals surface area contributed by atoms with Gasteiger partial charge in [-0.2, -0.15) is 18.4 Å². The Morgan fingerprint density at radius 3 is 2.41 bits per heavy atom. The lowest BCUT2D eigenvalue weighted by atomic mass is 10.0. The van der Waals surface area contributed by atoms with Crippen LogP contribution in [0.25, 0.3) is 22.4 Å². The van der Waals surface area contributed by atoms with E-state index in [0.29, 0.717) is 6.07 Å². The number of halogens is 5. The molecule has 2 heterocycles. The molecule has 0 spiro atoms. The molecule has 4 rings (SSSR count). The minimum Gasteiger partial charge on any atom is -0.419 e. The van der Waals surface area contributed by atoms with Gasteiger partial charge in [0, 0.05) is 28.7 Å². The summed E-state index contributed by atoms with van der Waals surface area (Å²) in [5.74, 6) is -1.73. The average molecular weight is 404 g/mol. The highest BCUT2D eigenvalue weighted by molar-refractivity contribution is 5.86. The van der Waals surface area contributed by atoms with Crippen molar-refractivity contribution in [2.75, 3.05) is 0 Å². The largest absolute Gasteiger partial charge is 0.419 e. The molecule has 5 nitrogen and oxygen atoms in total. The molecule has 0 aliphatic heterocycles. The zero-order chi connectivity index (χ0) is 20.8. The number of benzene rings is 2. The number of hydrogen-bond donors (Lipinski definition) is 0. The Hall–Kier alpha value is -3.74. The van der Waals surface area contributed by atoms with Gasteiger partial charge in [0.15, 0.2) is 0 Å². The summed E-state index contributed by atoms with van der Waals surface area (Å²) in [7, 11) is 0. The second kappa shape index (κ2) is 6.70. The highest BCUT2D eigenvalue weighted by Gasteiger charge is 2.36. The molecule has 0 bridgehead atoms. The van der Waals surface area contributed by atoms with Crippen molar-refractivity contribution in [3.63, 3.8) is 0 Å². The molecule has 0 saturated carbocycles. The Kier molecular flexibility index (Phi) is 4.30. The molecule has 0 unspecified atom stereocenters. The van der Waals surface area contributed by atoms with Crippen LogP contribution < -0.4 is 0 Å². The van der Waals surface area contributed by atoms with E-state index in [1.54, 1.807) is 6.07 Å². The van der Waals surface area contributed by atoms with Crippen LogP contribution >= 0.6 is 0 Å². The van der Waals surface area contributed by atoms with Crippen molar-refractivity contribution in [3.05, 3.63) is 71.2 Å². The number of alkyl halides is 3. The number of fused-ring (bicyclic) bond motifs is 1. The molecular formula is C19H9F5N4O. The predicted molar refractivity (Wildman–Crippen MR) is 90.4 cm³/mol. The number of aromatic nitrogens is 3. The van der Waals surface area contributed by atoms with E-state index in [9.17, 15) is 22.0 Å². The van der Waals surface area contributed by atoms with Crippen LogP contribution in [0.3, 0.4) is 0 Å². The van der Waals surface area contributed by atoms with Crippen LogP contribution in [0.15, 0.2) is 47.0 Å². The zero-order valence-electron chi connectivity index (χ0n) is 14.3. The summed E-state index contributed by atoms with van der Waals surface area (Å²) in [5.41, 5.74) is -1.24. The van der Waals surface area contributed by atoms with E-state index in [1.807, 2.05) is 0 Å². The SMILES string of the molecule is N#Cc1ccc2c(ccn2Cc2nnc(-c3cc(F)cc(F)c3)o2)c1C(F)(F)F. The van der Waals surface area contributed by atoms with Gasteiger partial charge in [-0.3, -0.25) is 0 Å². The van der Waals surface area contributed by atoms with Crippen molar-refractivity contribution in [2.45, 2.75) is 12.7 Å². The summed E-state index contributed by atoms with van der Waals surface area (Å²) in [6, 6.07) is 8.02. The van der Waals surface area contributed by atoms with E-state index in [-0.39, 0.29) is 34.8 Å². The number of hydrogen-bond acceptors (Lipinski definition) is 4. The predicted octanol–water partition coefficient (Wildman–Crippen LogP) is 4.91. The highest BCUT2D eigenvalue weighted by atomic mass is 19.4. The van der Waals surface area contributed by atoms with Gasteiger partial charge in [-0.1, -0.05) is 0 Å². The molecule has 10 heteroatoms. The van der Waals surface area contributed by atoms with Gasteiger partial charge in [0.05, 0.1) is 17.2 Å². The smallest absolute Gasteiger partial charge is 0.418 e. The fourth-order valence-electron chi connectivity index (χ4n) is 3.07. The standard InChI is InChI=1S/C19H9F5N4O/c20-12-5-11(6-13(21)7-12)18-27-26-16(29-18)9-28-4-3-14-15(28)2-1-10(8-25)17(14)19(22,23)24/h1-7H,9H2. The van der Waals surface area contributed by atoms with Gasteiger partial charge in [-0.15, -0.1) is 10.2 Å². The van der Waals surface area contributed by atoms with Gasteiger partial charge in [0.25, 0.3) is 0 Å². The van der Waals surface area contributed by atoms with Crippen LogP contribution in [-0.4, -0.2) is 14.8 Å². The molecule has 0 N–H and O–H groups in total. The van der Waals surface area contributed by atoms with Crippen LogP contribution in [0.4, 0.5) is 22.0 Å². The fraction of sp³-hybridized carbons (Fsp3) is 0.105. The number of nitriles is 1. The molecule has 0 amide bonds. The van der Waals surface area contributed by atoms with Gasteiger partial charge < -0.3 is 8.98 Å². The van der Waals surface area contributed by atoms with E-state index in [1.165, 1.54) is 22.9 Å². The molecule has 4 aromatic rings. The summed E-state index contributed by atoms with van der Waals surface area (Å²) in [6.45, 7) is -0.0719. The summed E-state index contributed by atoms with van der Waals surface area (Å²) in [6.07, 6.45) is -3.30. The lowest BCUT2D eigenvalue weighted by Gasteiger charge is -2.11. The Labute approximate surface area is 159 Å². The van der Waals surface area contributed by atoms with E-state index in [4.69, 9.17) is 9.68 Å². The maximum atomic E-state index is 13.4. The Balaban J connectivity index is 1.71. The molecule has 0 aliphatic carbocycles. The third-order valence-corrected chi connectivity index (χ3v) is 4.24. The Morgan fingerprint density at radius 2 is 1.76 bits per heavy atom. The minimum atomic E-state index is -4.70. The quantitative estimate of drug-likeness (QED) is 0.455. The van der Waals surface area contributed by atoms with Crippen LogP contribution in [0.5, 0.6) is 0 Å². The van der Waals surface area contributed by atoms with Gasteiger partial charge >= 0.3 is 6.18 Å². The Morgan fingerprint density at radius 1 is 1.03 bits per heavy atom. The van der Waals surface area contributed by atoms with Gasteiger partial charge in [-0.05, 0) is 30.3 Å². The third-order valence-electron chi connectivity index (χ3n) is 4.24. The van der Waals surface area contributed by atoms with Crippen molar-refractivity contribution in [2.24, 2.45) is 0 Å². The summed E-state index contributed by atoms with van der Waals surface area (Å²) >= 11 is 0. The normalized spacial score (nSPS) is 11.7. The maximum Gasteiger partial charge on any atom is 0.418 e. The van der Waals surface area contributed by atoms with E-state index < -0.39 is 28.9 Å². The second-order valence-corrected chi connectivity index (χ2v) is 6.13. The molecule has 2 aromatic carbocycles. The summed E-state index contributed by atoms with van der Waals surface area (Å²) in [5, 5.41) is 16.4. The first-order chi connectivity index (χ1) is 13.8. The molecule has 0 radical (unpaired) electrons. The molecule has 0 saturated heterocycles. The number of rotatable bonds is 3. The van der Waals surface area contributed by atoms with Gasteiger partial charge in [0.2, 0.25) is 11.8 Å². The first kappa shape index (κ1) is 18.6. The third kappa shape index (κ3) is 3.42. The van der Waals surface area contributed by atoms with E-state index in [0.717, 1.165) is 18.2 Å². The van der Waals surface area contributed by atoms with Crippen LogP contribution in [0, 0.1) is 23.0 Å². The summed E-state index contributed by atoms with van der Waals surface area (Å²) < 4.78 is 73.7. The average Bonchev–Trinajstić information content (AvgIpc) is 3.27. The molecule has 146 valence electrons. The van der Waals surface area contributed by atoms with Crippen LogP contribution in [0.2, 0.25) is 0 Å². The topological polar surface area (TPSA) is 67.6 Å². The minimum absolute atomic E-state index is 0.0279.